The highest BCUT2D eigenvalue weighted by Crippen LogP contribution is 2.37. The van der Waals surface area contributed by atoms with Crippen molar-refractivity contribution in [2.75, 3.05) is 20.8 Å². The van der Waals surface area contributed by atoms with E-state index in [1.165, 1.54) is 0 Å². The van der Waals surface area contributed by atoms with Gasteiger partial charge in [-0.25, -0.2) is 4.98 Å². The summed E-state index contributed by atoms with van der Waals surface area (Å²) in [4.78, 5) is 4.60. The zero-order valence-electron chi connectivity index (χ0n) is 12.3. The second-order valence-corrected chi connectivity index (χ2v) is 5.29. The molecule has 2 rings (SSSR count). The predicted octanol–water partition coefficient (Wildman–Crippen LogP) is 3.17. The lowest BCUT2D eigenvalue weighted by Crippen LogP contribution is -2.22. The van der Waals surface area contributed by atoms with Gasteiger partial charge in [-0.05, 0) is 19.5 Å². The fourth-order valence-corrected chi connectivity index (χ4v) is 3.07. The van der Waals surface area contributed by atoms with E-state index in [0.29, 0.717) is 0 Å². The van der Waals surface area contributed by atoms with Crippen LogP contribution < -0.4 is 14.8 Å². The van der Waals surface area contributed by atoms with E-state index in [0.717, 1.165) is 34.3 Å². The van der Waals surface area contributed by atoms with Gasteiger partial charge in [0.15, 0.2) is 11.5 Å². The van der Waals surface area contributed by atoms with E-state index < -0.39 is 0 Å². The maximum absolute atomic E-state index is 5.53. The first-order valence-electron chi connectivity index (χ1n) is 6.57. The van der Waals surface area contributed by atoms with Crippen LogP contribution in [0.2, 0.25) is 0 Å². The Balaban J connectivity index is 2.49. The van der Waals surface area contributed by atoms with Gasteiger partial charge in [0.05, 0.1) is 20.3 Å². The van der Waals surface area contributed by atoms with Gasteiger partial charge in [0, 0.05) is 16.6 Å². The largest absolute Gasteiger partial charge is 0.493 e. The van der Waals surface area contributed by atoms with Crippen molar-refractivity contribution in [3.63, 3.8) is 0 Å². The van der Waals surface area contributed by atoms with Crippen molar-refractivity contribution < 1.29 is 9.47 Å². The minimum absolute atomic E-state index is 0.0174. The number of aryl methyl sites for hydroxylation is 1. The van der Waals surface area contributed by atoms with Gasteiger partial charge >= 0.3 is 0 Å². The molecule has 0 fully saturated rings. The van der Waals surface area contributed by atoms with Gasteiger partial charge in [-0.15, -0.1) is 11.3 Å². The lowest BCUT2D eigenvalue weighted by molar-refractivity contribution is 0.349. The SMILES string of the molecule is CCNC(c1nc(C)cs1)c1cccc(OC)c1OC. The summed E-state index contributed by atoms with van der Waals surface area (Å²) in [5.74, 6) is 1.50. The van der Waals surface area contributed by atoms with Crippen LogP contribution in [0.25, 0.3) is 0 Å². The van der Waals surface area contributed by atoms with E-state index in [2.05, 4.69) is 22.6 Å². The summed E-state index contributed by atoms with van der Waals surface area (Å²) in [5, 5.41) is 6.57. The molecule has 0 amide bonds. The van der Waals surface area contributed by atoms with Crippen LogP contribution in [-0.2, 0) is 0 Å². The van der Waals surface area contributed by atoms with Crippen LogP contribution in [0.5, 0.6) is 11.5 Å². The molecule has 1 aromatic heterocycles. The monoisotopic (exact) mass is 292 g/mol. The number of hydrogen-bond donors (Lipinski definition) is 1. The molecule has 4 nitrogen and oxygen atoms in total. The van der Waals surface area contributed by atoms with Gasteiger partial charge in [-0.2, -0.15) is 0 Å². The first-order chi connectivity index (χ1) is 9.71. The van der Waals surface area contributed by atoms with Crippen LogP contribution in [-0.4, -0.2) is 25.7 Å². The number of benzene rings is 1. The second kappa shape index (κ2) is 6.72. The fraction of sp³-hybridized carbons (Fsp3) is 0.400. The summed E-state index contributed by atoms with van der Waals surface area (Å²) in [6.07, 6.45) is 0. The maximum atomic E-state index is 5.53. The summed E-state index contributed by atoms with van der Waals surface area (Å²) in [6.45, 7) is 4.94. The summed E-state index contributed by atoms with van der Waals surface area (Å²) in [6, 6.07) is 5.94. The molecule has 0 aliphatic rings. The molecule has 1 aromatic carbocycles. The molecule has 0 saturated heterocycles. The molecule has 0 spiro atoms. The third-order valence-electron chi connectivity index (χ3n) is 3.04. The van der Waals surface area contributed by atoms with Crippen molar-refractivity contribution in [2.45, 2.75) is 19.9 Å². The number of thiazole rings is 1. The molecule has 1 N–H and O–H groups in total. The highest BCUT2D eigenvalue weighted by atomic mass is 32.1. The van der Waals surface area contributed by atoms with Crippen LogP contribution in [0.3, 0.4) is 0 Å². The molecule has 108 valence electrons. The molecule has 0 bridgehead atoms. The standard InChI is InChI=1S/C15H20N2O2S/c1-5-16-13(15-17-10(2)9-20-15)11-7-6-8-12(18-3)14(11)19-4/h6-9,13,16H,5H2,1-4H3. The molecule has 1 atom stereocenters. The predicted molar refractivity (Wildman–Crippen MR) is 81.9 cm³/mol. The van der Waals surface area contributed by atoms with Gasteiger partial charge in [0.1, 0.15) is 5.01 Å². The van der Waals surface area contributed by atoms with Crippen LogP contribution >= 0.6 is 11.3 Å². The minimum Gasteiger partial charge on any atom is -0.493 e. The Kier molecular flexibility index (Phi) is 4.98. The molecule has 1 heterocycles. The first kappa shape index (κ1) is 14.8. The van der Waals surface area contributed by atoms with Crippen LogP contribution in [0.15, 0.2) is 23.6 Å². The number of methoxy groups -OCH3 is 2. The Morgan fingerprint density at radius 3 is 2.65 bits per heavy atom. The van der Waals surface area contributed by atoms with Gasteiger partial charge < -0.3 is 14.8 Å². The van der Waals surface area contributed by atoms with Crippen molar-refractivity contribution in [3.05, 3.63) is 39.8 Å². The van der Waals surface area contributed by atoms with E-state index in [-0.39, 0.29) is 6.04 Å². The highest BCUT2D eigenvalue weighted by molar-refractivity contribution is 7.09. The number of nitrogens with zero attached hydrogens (tertiary/aromatic N) is 1. The summed E-state index contributed by atoms with van der Waals surface area (Å²) in [7, 11) is 3.31. The molecule has 20 heavy (non-hydrogen) atoms. The maximum Gasteiger partial charge on any atom is 0.165 e. The average Bonchev–Trinajstić information content (AvgIpc) is 2.90. The average molecular weight is 292 g/mol. The fourth-order valence-electron chi connectivity index (χ4n) is 2.18. The molecule has 5 heteroatoms. The molecule has 0 saturated carbocycles. The van der Waals surface area contributed by atoms with Crippen molar-refractivity contribution in [1.29, 1.82) is 0 Å². The third kappa shape index (κ3) is 2.94. The molecular weight excluding hydrogens is 272 g/mol. The van der Waals surface area contributed by atoms with E-state index in [9.17, 15) is 0 Å². The number of hydrogen-bond acceptors (Lipinski definition) is 5. The van der Waals surface area contributed by atoms with Crippen molar-refractivity contribution >= 4 is 11.3 Å². The number of ether oxygens (including phenoxy) is 2. The molecule has 0 aliphatic carbocycles. The van der Waals surface area contributed by atoms with Gasteiger partial charge in [-0.1, -0.05) is 19.1 Å². The highest BCUT2D eigenvalue weighted by Gasteiger charge is 2.22. The van der Waals surface area contributed by atoms with Crippen molar-refractivity contribution in [1.82, 2.24) is 10.3 Å². The first-order valence-corrected chi connectivity index (χ1v) is 7.45. The van der Waals surface area contributed by atoms with E-state index in [1.54, 1.807) is 25.6 Å². The normalized spacial score (nSPS) is 12.2. The molecule has 0 aliphatic heterocycles. The molecule has 1 unspecified atom stereocenters. The van der Waals surface area contributed by atoms with Crippen LogP contribution in [0.4, 0.5) is 0 Å². The zero-order valence-corrected chi connectivity index (χ0v) is 13.1. The zero-order chi connectivity index (χ0) is 14.5. The molecule has 0 radical (unpaired) electrons. The van der Waals surface area contributed by atoms with Gasteiger partial charge in [0.25, 0.3) is 0 Å². The van der Waals surface area contributed by atoms with E-state index >= 15 is 0 Å². The smallest absolute Gasteiger partial charge is 0.165 e. The van der Waals surface area contributed by atoms with E-state index in [4.69, 9.17) is 9.47 Å². The lowest BCUT2D eigenvalue weighted by Gasteiger charge is -2.20. The Morgan fingerprint density at radius 2 is 2.10 bits per heavy atom. The number of aromatic nitrogens is 1. The van der Waals surface area contributed by atoms with E-state index in [1.807, 2.05) is 25.1 Å². The Labute approximate surface area is 123 Å². The number of nitrogens with one attached hydrogen (secondary N) is 1. The summed E-state index contributed by atoms with van der Waals surface area (Å²) < 4.78 is 10.9. The summed E-state index contributed by atoms with van der Waals surface area (Å²) in [5.41, 5.74) is 2.08. The van der Waals surface area contributed by atoms with Gasteiger partial charge in [0.2, 0.25) is 0 Å². The van der Waals surface area contributed by atoms with Crippen LogP contribution in [0, 0.1) is 6.92 Å². The molecular formula is C15H20N2O2S. The molecule has 2 aromatic rings. The Hall–Kier alpha value is -1.59. The Morgan fingerprint density at radius 1 is 1.30 bits per heavy atom. The third-order valence-corrected chi connectivity index (χ3v) is 4.06. The lowest BCUT2D eigenvalue weighted by atomic mass is 10.1. The second-order valence-electron chi connectivity index (χ2n) is 4.40. The summed E-state index contributed by atoms with van der Waals surface area (Å²) >= 11 is 1.66. The van der Waals surface area contributed by atoms with Crippen molar-refractivity contribution in [3.8, 4) is 11.5 Å². The van der Waals surface area contributed by atoms with Crippen LogP contribution in [0.1, 0.15) is 29.2 Å². The Bertz CT molecular complexity index is 569. The van der Waals surface area contributed by atoms with Crippen molar-refractivity contribution in [2.24, 2.45) is 0 Å². The minimum atomic E-state index is 0.0174. The van der Waals surface area contributed by atoms with Gasteiger partial charge in [-0.3, -0.25) is 0 Å². The number of para-hydroxylation sites is 1. The number of rotatable bonds is 6. The quantitative estimate of drug-likeness (QED) is 0.888. The topological polar surface area (TPSA) is 43.4 Å².